The summed E-state index contributed by atoms with van der Waals surface area (Å²) in [5.74, 6) is -0.131. The standard InChI is InChI=1S/C22H44O3Si2/c1-11-27(12-2,13-3)25-21(20(5)18-23)15-14-19(4)16-17-24-26(9,10)22(6,7)8/h14-16,18,20-21H,11-13,17H2,1-10H3/b15-14+,19-16+/t20-,21+/m0/s1. The zero-order valence-corrected chi connectivity index (χ0v) is 21.5. The van der Waals surface area contributed by atoms with E-state index in [0.717, 1.165) is 30.0 Å². The van der Waals surface area contributed by atoms with Gasteiger partial charge in [-0.05, 0) is 43.2 Å². The maximum Gasteiger partial charge on any atom is 0.192 e. The zero-order valence-electron chi connectivity index (χ0n) is 19.5. The van der Waals surface area contributed by atoms with Crippen LogP contribution in [0.15, 0.2) is 23.8 Å². The molecule has 0 bridgehead atoms. The van der Waals surface area contributed by atoms with Crippen molar-refractivity contribution in [3.8, 4) is 0 Å². The van der Waals surface area contributed by atoms with Gasteiger partial charge in [-0.25, -0.2) is 0 Å². The number of hydrogen-bond acceptors (Lipinski definition) is 3. The highest BCUT2D eigenvalue weighted by molar-refractivity contribution is 6.74. The Labute approximate surface area is 170 Å². The van der Waals surface area contributed by atoms with Gasteiger partial charge >= 0.3 is 0 Å². The van der Waals surface area contributed by atoms with Crippen LogP contribution in [0.5, 0.6) is 0 Å². The van der Waals surface area contributed by atoms with Crippen LogP contribution in [0.1, 0.15) is 55.4 Å². The molecule has 0 aliphatic carbocycles. The van der Waals surface area contributed by atoms with Gasteiger partial charge in [0.05, 0.1) is 12.7 Å². The lowest BCUT2D eigenvalue weighted by Gasteiger charge is -2.35. The first-order chi connectivity index (χ1) is 12.4. The number of aldehydes is 1. The van der Waals surface area contributed by atoms with Gasteiger partial charge in [-0.1, -0.05) is 72.3 Å². The van der Waals surface area contributed by atoms with Crippen molar-refractivity contribution < 1.29 is 13.6 Å². The summed E-state index contributed by atoms with van der Waals surface area (Å²) in [7, 11) is -3.47. The minimum Gasteiger partial charge on any atom is -0.413 e. The SMILES string of the molecule is CC[Si](CC)(CC)O[C@H](/C=C/C(C)=C/CO[Si](C)(C)C(C)(C)C)[C@@H](C)C=O. The molecule has 5 heteroatoms. The van der Waals surface area contributed by atoms with E-state index in [2.05, 4.69) is 79.8 Å². The monoisotopic (exact) mass is 412 g/mol. The summed E-state index contributed by atoms with van der Waals surface area (Å²) in [6.07, 6.45) is 7.15. The Morgan fingerprint density at radius 2 is 1.59 bits per heavy atom. The fourth-order valence-corrected chi connectivity index (χ4v) is 6.40. The van der Waals surface area contributed by atoms with Crippen LogP contribution in [-0.4, -0.2) is 35.6 Å². The predicted molar refractivity (Wildman–Crippen MR) is 123 cm³/mol. The summed E-state index contributed by atoms with van der Waals surface area (Å²) in [5.41, 5.74) is 1.15. The average Bonchev–Trinajstić information content (AvgIpc) is 2.60. The van der Waals surface area contributed by atoms with Crippen LogP contribution < -0.4 is 0 Å². The van der Waals surface area contributed by atoms with Gasteiger partial charge in [0.15, 0.2) is 16.6 Å². The fourth-order valence-electron chi connectivity index (χ4n) is 2.60. The van der Waals surface area contributed by atoms with Gasteiger partial charge in [0.1, 0.15) is 6.29 Å². The van der Waals surface area contributed by atoms with Crippen molar-refractivity contribution in [2.24, 2.45) is 5.92 Å². The molecule has 0 radical (unpaired) electrons. The fraction of sp³-hybridized carbons (Fsp3) is 0.773. The van der Waals surface area contributed by atoms with Crippen molar-refractivity contribution in [2.45, 2.75) is 97.8 Å². The zero-order chi connectivity index (χ0) is 21.3. The second-order valence-corrected chi connectivity index (χ2v) is 18.7. The van der Waals surface area contributed by atoms with Crippen molar-refractivity contribution in [3.63, 3.8) is 0 Å². The second kappa shape index (κ2) is 11.5. The molecule has 0 spiro atoms. The summed E-state index contributed by atoms with van der Waals surface area (Å²) in [5, 5.41) is 0.220. The summed E-state index contributed by atoms with van der Waals surface area (Å²) < 4.78 is 12.8. The molecular formula is C22H44O3Si2. The van der Waals surface area contributed by atoms with Crippen molar-refractivity contribution in [2.75, 3.05) is 6.61 Å². The molecule has 0 aliphatic heterocycles. The van der Waals surface area contributed by atoms with Crippen LogP contribution in [0.25, 0.3) is 0 Å². The van der Waals surface area contributed by atoms with E-state index in [1.165, 1.54) is 0 Å². The Balaban J connectivity index is 5.11. The van der Waals surface area contributed by atoms with Gasteiger partial charge < -0.3 is 13.6 Å². The lowest BCUT2D eigenvalue weighted by Crippen LogP contribution is -2.41. The Hall–Kier alpha value is -0.496. The number of hydrogen-bond donors (Lipinski definition) is 0. The molecule has 0 N–H and O–H groups in total. The van der Waals surface area contributed by atoms with Crippen LogP contribution in [0.3, 0.4) is 0 Å². The topological polar surface area (TPSA) is 35.5 Å². The van der Waals surface area contributed by atoms with Gasteiger partial charge in [0.2, 0.25) is 0 Å². The molecule has 27 heavy (non-hydrogen) atoms. The molecule has 2 atom stereocenters. The molecule has 0 aromatic carbocycles. The number of rotatable bonds is 12. The second-order valence-electron chi connectivity index (χ2n) is 9.20. The summed E-state index contributed by atoms with van der Waals surface area (Å²) in [4.78, 5) is 11.4. The quantitative estimate of drug-likeness (QED) is 0.202. The van der Waals surface area contributed by atoms with Gasteiger partial charge in [-0.15, -0.1) is 0 Å². The van der Waals surface area contributed by atoms with Crippen LogP contribution in [0, 0.1) is 5.92 Å². The van der Waals surface area contributed by atoms with E-state index in [1.54, 1.807) is 0 Å². The predicted octanol–water partition coefficient (Wildman–Crippen LogP) is 6.74. The minimum atomic E-state index is -1.75. The van der Waals surface area contributed by atoms with E-state index in [0.29, 0.717) is 6.61 Å². The maximum absolute atomic E-state index is 11.4. The molecule has 0 fully saturated rings. The van der Waals surface area contributed by atoms with Crippen molar-refractivity contribution >= 4 is 22.9 Å². The summed E-state index contributed by atoms with van der Waals surface area (Å²) in [6.45, 7) is 22.6. The Morgan fingerprint density at radius 3 is 2.00 bits per heavy atom. The lowest BCUT2D eigenvalue weighted by molar-refractivity contribution is -0.112. The van der Waals surface area contributed by atoms with Gasteiger partial charge in [-0.2, -0.15) is 0 Å². The van der Waals surface area contributed by atoms with E-state index < -0.39 is 16.6 Å². The number of carbonyl (C=O) groups is 1. The highest BCUT2D eigenvalue weighted by atomic mass is 28.4. The molecule has 0 heterocycles. The van der Waals surface area contributed by atoms with Crippen LogP contribution in [0.4, 0.5) is 0 Å². The Morgan fingerprint density at radius 1 is 1.07 bits per heavy atom. The highest BCUT2D eigenvalue weighted by Gasteiger charge is 2.36. The van der Waals surface area contributed by atoms with Gasteiger partial charge in [0.25, 0.3) is 0 Å². The first kappa shape index (κ1) is 26.5. The third-order valence-corrected chi connectivity index (χ3v) is 15.4. The molecule has 0 amide bonds. The summed E-state index contributed by atoms with van der Waals surface area (Å²) >= 11 is 0. The van der Waals surface area contributed by atoms with Crippen LogP contribution in [0.2, 0.25) is 36.3 Å². The largest absolute Gasteiger partial charge is 0.413 e. The molecule has 0 aliphatic rings. The van der Waals surface area contributed by atoms with Gasteiger partial charge in [-0.3, -0.25) is 0 Å². The van der Waals surface area contributed by atoms with Crippen LogP contribution in [-0.2, 0) is 13.6 Å². The van der Waals surface area contributed by atoms with E-state index in [1.807, 2.05) is 6.92 Å². The summed E-state index contributed by atoms with van der Waals surface area (Å²) in [6, 6.07) is 3.27. The third kappa shape index (κ3) is 8.59. The molecule has 0 aromatic rings. The smallest absolute Gasteiger partial charge is 0.192 e. The minimum absolute atomic E-state index is 0.131. The average molecular weight is 413 g/mol. The Bertz CT molecular complexity index is 492. The lowest BCUT2D eigenvalue weighted by atomic mass is 10.1. The van der Waals surface area contributed by atoms with Crippen molar-refractivity contribution in [1.29, 1.82) is 0 Å². The third-order valence-electron chi connectivity index (χ3n) is 6.26. The van der Waals surface area contributed by atoms with Crippen molar-refractivity contribution in [1.82, 2.24) is 0 Å². The molecule has 0 saturated heterocycles. The molecule has 3 nitrogen and oxygen atoms in total. The van der Waals surface area contributed by atoms with Gasteiger partial charge in [0, 0.05) is 5.92 Å². The van der Waals surface area contributed by atoms with E-state index in [4.69, 9.17) is 8.85 Å². The molecule has 0 saturated carbocycles. The number of allylic oxidation sites excluding steroid dienone is 2. The molecule has 158 valence electrons. The molecule has 0 aromatic heterocycles. The Kier molecular flexibility index (Phi) is 11.3. The highest BCUT2D eigenvalue weighted by Crippen LogP contribution is 2.36. The normalized spacial score (nSPS) is 16.6. The first-order valence-electron chi connectivity index (χ1n) is 10.5. The van der Waals surface area contributed by atoms with Crippen molar-refractivity contribution in [3.05, 3.63) is 23.8 Å². The van der Waals surface area contributed by atoms with Crippen LogP contribution >= 0.6 is 0 Å². The van der Waals surface area contributed by atoms with E-state index in [9.17, 15) is 4.79 Å². The molecular weight excluding hydrogens is 368 g/mol. The molecule has 0 unspecified atom stereocenters. The maximum atomic E-state index is 11.4. The first-order valence-corrected chi connectivity index (χ1v) is 15.9. The van der Waals surface area contributed by atoms with E-state index >= 15 is 0 Å². The molecule has 0 rings (SSSR count). The number of carbonyl (C=O) groups excluding carboxylic acids is 1. The van der Waals surface area contributed by atoms with E-state index in [-0.39, 0.29) is 17.1 Å².